The van der Waals surface area contributed by atoms with Crippen molar-refractivity contribution in [2.45, 2.75) is 46.2 Å². The Morgan fingerprint density at radius 3 is 3.00 bits per heavy atom. The maximum atomic E-state index is 11.9. The van der Waals surface area contributed by atoms with Crippen molar-refractivity contribution >= 4 is 11.7 Å². The molecule has 0 unspecified atom stereocenters. The van der Waals surface area contributed by atoms with E-state index in [0.29, 0.717) is 12.1 Å². The van der Waals surface area contributed by atoms with E-state index in [0.717, 1.165) is 24.4 Å². The van der Waals surface area contributed by atoms with Crippen molar-refractivity contribution in [3.8, 4) is 0 Å². The Morgan fingerprint density at radius 2 is 2.33 bits per heavy atom. The summed E-state index contributed by atoms with van der Waals surface area (Å²) in [6.45, 7) is 6.83. The monoisotopic (exact) mass is 290 g/mol. The molecule has 0 spiro atoms. The second-order valence-electron chi connectivity index (χ2n) is 5.24. The number of anilines is 1. The van der Waals surface area contributed by atoms with Gasteiger partial charge in [0.1, 0.15) is 0 Å². The Hall–Kier alpha value is -2.31. The van der Waals surface area contributed by atoms with Gasteiger partial charge in [0, 0.05) is 30.9 Å². The van der Waals surface area contributed by atoms with E-state index in [9.17, 15) is 4.79 Å². The van der Waals surface area contributed by atoms with Crippen molar-refractivity contribution in [2.24, 2.45) is 0 Å². The molecular weight excluding hydrogens is 268 g/mol. The van der Waals surface area contributed by atoms with Gasteiger partial charge in [0.05, 0.1) is 17.6 Å². The number of rotatable bonds is 6. The van der Waals surface area contributed by atoms with Crippen LogP contribution in [0.2, 0.25) is 0 Å². The summed E-state index contributed by atoms with van der Waals surface area (Å²) in [7, 11) is 0. The smallest absolute Gasteiger partial charge is 0.319 e. The van der Waals surface area contributed by atoms with Crippen molar-refractivity contribution in [3.63, 3.8) is 0 Å². The standard InChI is InChI=1S/C14H22N6O/c1-4-5-20-9-13(8-15-20)17-14(21)16-10(2)6-12-7-11(3)18-19-12/h7-10H,4-6H2,1-3H3,(H,18,19)(H2,16,17,21)/t10-/m1/s1. The van der Waals surface area contributed by atoms with Crippen LogP contribution in [0.15, 0.2) is 18.5 Å². The summed E-state index contributed by atoms with van der Waals surface area (Å²) in [6.07, 6.45) is 5.17. The third-order valence-electron chi connectivity index (χ3n) is 3.00. The first-order chi connectivity index (χ1) is 10.1. The van der Waals surface area contributed by atoms with Crippen LogP contribution in [0.1, 0.15) is 31.7 Å². The van der Waals surface area contributed by atoms with Crippen LogP contribution >= 0.6 is 0 Å². The van der Waals surface area contributed by atoms with Crippen molar-refractivity contribution in [2.75, 3.05) is 5.32 Å². The number of amides is 2. The van der Waals surface area contributed by atoms with Crippen molar-refractivity contribution < 1.29 is 4.79 Å². The number of nitrogens with zero attached hydrogens (tertiary/aromatic N) is 3. The van der Waals surface area contributed by atoms with E-state index in [1.807, 2.05) is 30.8 Å². The van der Waals surface area contributed by atoms with Gasteiger partial charge in [0.2, 0.25) is 0 Å². The Bertz CT molecular complexity index is 588. The first-order valence-electron chi connectivity index (χ1n) is 7.17. The number of hydrogen-bond acceptors (Lipinski definition) is 3. The zero-order valence-corrected chi connectivity index (χ0v) is 12.7. The third-order valence-corrected chi connectivity index (χ3v) is 3.00. The van der Waals surface area contributed by atoms with Gasteiger partial charge < -0.3 is 10.6 Å². The van der Waals surface area contributed by atoms with Gasteiger partial charge in [-0.3, -0.25) is 9.78 Å². The predicted octanol–water partition coefficient (Wildman–Crippen LogP) is 2.08. The summed E-state index contributed by atoms with van der Waals surface area (Å²) >= 11 is 0. The maximum Gasteiger partial charge on any atom is 0.319 e. The van der Waals surface area contributed by atoms with Crippen LogP contribution in [-0.2, 0) is 13.0 Å². The molecule has 1 atom stereocenters. The van der Waals surface area contributed by atoms with E-state index in [1.165, 1.54) is 0 Å². The number of carbonyl (C=O) groups is 1. The zero-order valence-electron chi connectivity index (χ0n) is 12.7. The number of aryl methyl sites for hydroxylation is 2. The second kappa shape index (κ2) is 6.92. The third kappa shape index (κ3) is 4.62. The quantitative estimate of drug-likeness (QED) is 0.761. The van der Waals surface area contributed by atoms with E-state index < -0.39 is 0 Å². The molecule has 7 nitrogen and oxygen atoms in total. The first kappa shape index (κ1) is 15.1. The average Bonchev–Trinajstić information content (AvgIpc) is 2.99. The number of carbonyl (C=O) groups excluding carboxylic acids is 1. The fourth-order valence-corrected chi connectivity index (χ4v) is 2.11. The molecule has 2 aromatic rings. The molecule has 3 N–H and O–H groups in total. The lowest BCUT2D eigenvalue weighted by molar-refractivity contribution is 0.249. The van der Waals surface area contributed by atoms with Crippen LogP contribution in [0.3, 0.4) is 0 Å². The number of H-pyrrole nitrogens is 1. The minimum atomic E-state index is -0.231. The lowest BCUT2D eigenvalue weighted by Crippen LogP contribution is -2.37. The van der Waals surface area contributed by atoms with Gasteiger partial charge in [-0.25, -0.2) is 4.79 Å². The summed E-state index contributed by atoms with van der Waals surface area (Å²) < 4.78 is 1.81. The van der Waals surface area contributed by atoms with Crippen LogP contribution in [0.4, 0.5) is 10.5 Å². The second-order valence-corrected chi connectivity index (χ2v) is 5.24. The van der Waals surface area contributed by atoms with Crippen LogP contribution in [0, 0.1) is 6.92 Å². The van der Waals surface area contributed by atoms with Gasteiger partial charge in [0.15, 0.2) is 0 Å². The lowest BCUT2D eigenvalue weighted by Gasteiger charge is -2.12. The fraction of sp³-hybridized carbons (Fsp3) is 0.500. The number of hydrogen-bond donors (Lipinski definition) is 3. The normalized spacial score (nSPS) is 12.1. The predicted molar refractivity (Wildman–Crippen MR) is 81.2 cm³/mol. The largest absolute Gasteiger partial charge is 0.335 e. The van der Waals surface area contributed by atoms with Crippen LogP contribution in [0.5, 0.6) is 0 Å². The summed E-state index contributed by atoms with van der Waals surface area (Å²) in [6, 6.07) is 1.74. The zero-order chi connectivity index (χ0) is 15.2. The average molecular weight is 290 g/mol. The topological polar surface area (TPSA) is 87.6 Å². The van der Waals surface area contributed by atoms with E-state index in [-0.39, 0.29) is 12.1 Å². The van der Waals surface area contributed by atoms with Gasteiger partial charge >= 0.3 is 6.03 Å². The molecule has 0 fully saturated rings. The molecule has 7 heteroatoms. The van der Waals surface area contributed by atoms with Crippen molar-refractivity contribution in [1.82, 2.24) is 25.3 Å². The van der Waals surface area contributed by atoms with E-state index in [4.69, 9.17) is 0 Å². The SMILES string of the molecule is CCCn1cc(NC(=O)N[C@H](C)Cc2cc(C)[nH]n2)cn1. The molecule has 0 saturated carbocycles. The van der Waals surface area contributed by atoms with E-state index >= 15 is 0 Å². The minimum absolute atomic E-state index is 0.00149. The molecule has 0 radical (unpaired) electrons. The summed E-state index contributed by atoms with van der Waals surface area (Å²) in [5.74, 6) is 0. The Kier molecular flexibility index (Phi) is 4.97. The molecule has 0 saturated heterocycles. The Balaban J connectivity index is 1.80. The molecular formula is C14H22N6O. The highest BCUT2D eigenvalue weighted by atomic mass is 16.2. The Labute approximate surface area is 124 Å². The molecule has 2 amide bonds. The van der Waals surface area contributed by atoms with Gasteiger partial charge in [0.25, 0.3) is 0 Å². The first-order valence-corrected chi connectivity index (χ1v) is 7.17. The summed E-state index contributed by atoms with van der Waals surface area (Å²) in [5, 5.41) is 16.9. The Morgan fingerprint density at radius 1 is 1.52 bits per heavy atom. The van der Waals surface area contributed by atoms with E-state index in [1.54, 1.807) is 6.20 Å². The number of urea groups is 1. The molecule has 0 bridgehead atoms. The van der Waals surface area contributed by atoms with Gasteiger partial charge in [-0.15, -0.1) is 0 Å². The van der Waals surface area contributed by atoms with Gasteiger partial charge in [-0.05, 0) is 26.3 Å². The molecule has 21 heavy (non-hydrogen) atoms. The fourth-order valence-electron chi connectivity index (χ4n) is 2.11. The van der Waals surface area contributed by atoms with Crippen LogP contribution in [0.25, 0.3) is 0 Å². The number of aromatic amines is 1. The van der Waals surface area contributed by atoms with Gasteiger partial charge in [-0.1, -0.05) is 6.92 Å². The number of aromatic nitrogens is 4. The molecule has 114 valence electrons. The molecule has 2 heterocycles. The highest BCUT2D eigenvalue weighted by molar-refractivity contribution is 5.89. The minimum Gasteiger partial charge on any atom is -0.335 e. The number of nitrogens with one attached hydrogen (secondary N) is 3. The summed E-state index contributed by atoms with van der Waals surface area (Å²) in [4.78, 5) is 11.9. The maximum absolute atomic E-state index is 11.9. The van der Waals surface area contributed by atoms with Crippen molar-refractivity contribution in [3.05, 3.63) is 29.8 Å². The van der Waals surface area contributed by atoms with E-state index in [2.05, 4.69) is 32.9 Å². The highest BCUT2D eigenvalue weighted by Gasteiger charge is 2.10. The molecule has 0 aliphatic heterocycles. The van der Waals surface area contributed by atoms with Gasteiger partial charge in [-0.2, -0.15) is 10.2 Å². The molecule has 0 aliphatic rings. The summed E-state index contributed by atoms with van der Waals surface area (Å²) in [5.41, 5.74) is 2.66. The lowest BCUT2D eigenvalue weighted by atomic mass is 10.2. The van der Waals surface area contributed by atoms with Crippen LogP contribution < -0.4 is 10.6 Å². The van der Waals surface area contributed by atoms with Crippen molar-refractivity contribution in [1.29, 1.82) is 0 Å². The molecule has 0 aliphatic carbocycles. The molecule has 2 aromatic heterocycles. The molecule has 2 rings (SSSR count). The van der Waals surface area contributed by atoms with Crippen LogP contribution in [-0.4, -0.2) is 32.1 Å². The highest BCUT2D eigenvalue weighted by Crippen LogP contribution is 2.06. The molecule has 0 aromatic carbocycles.